The minimum absolute atomic E-state index is 0.00180. The van der Waals surface area contributed by atoms with Crippen molar-refractivity contribution in [3.63, 3.8) is 0 Å². The highest BCUT2D eigenvalue weighted by Gasteiger charge is 2.46. The van der Waals surface area contributed by atoms with Gasteiger partial charge in [0.2, 0.25) is 5.91 Å². The van der Waals surface area contributed by atoms with Gasteiger partial charge < -0.3 is 35.0 Å². The highest BCUT2D eigenvalue weighted by atomic mass is 16.6. The minimum Gasteiger partial charge on any atom is -0.444 e. The van der Waals surface area contributed by atoms with Crippen LogP contribution >= 0.6 is 0 Å². The van der Waals surface area contributed by atoms with E-state index in [1.165, 1.54) is 19.3 Å². The zero-order valence-electron chi connectivity index (χ0n) is 24.3. The van der Waals surface area contributed by atoms with Gasteiger partial charge in [-0.15, -0.1) is 0 Å². The molecular formula is C28H53N3O6. The maximum atomic E-state index is 11.8. The lowest BCUT2D eigenvalue weighted by Crippen LogP contribution is -2.42. The van der Waals surface area contributed by atoms with E-state index >= 15 is 0 Å². The molecule has 0 aliphatic carbocycles. The standard InChI is InChI=1S/C13H26N2O2.C11H18O3.C4H9NO/c1-13(2,3)17-12(16)15-9-6-11(7-10-15)5-8-14-4;1-9(4-7-12)13-8-11-5-2-10(14-11)3-6-11;1-3(2)4(5)6/h11,14H,5-10H2,1-4H3;7,9-10H,2-6,8H2,1H3;3H,1-2H3,(H2,5,6). The average molecular weight is 528 g/mol. The van der Waals surface area contributed by atoms with Gasteiger partial charge in [-0.2, -0.15) is 0 Å². The summed E-state index contributed by atoms with van der Waals surface area (Å²) in [6, 6.07) is 0. The van der Waals surface area contributed by atoms with E-state index in [-0.39, 0.29) is 35.2 Å². The SMILES string of the molecule is CC(C)C(N)=O.CC(CC=O)OCC12CCC(CC1)O2.CNCCC1CCN(C(=O)OC(C)(C)C)CC1. The van der Waals surface area contributed by atoms with Gasteiger partial charge in [-0.05, 0) is 92.2 Å². The number of piperidine rings is 1. The van der Waals surface area contributed by atoms with Gasteiger partial charge in [0, 0.05) is 25.4 Å². The third kappa shape index (κ3) is 13.6. The van der Waals surface area contributed by atoms with Gasteiger partial charge in [-0.1, -0.05) is 13.8 Å². The van der Waals surface area contributed by atoms with E-state index in [9.17, 15) is 14.4 Å². The normalized spacial score (nSPS) is 24.0. The molecule has 3 rings (SSSR count). The van der Waals surface area contributed by atoms with E-state index in [1.807, 2.05) is 39.6 Å². The molecule has 216 valence electrons. The van der Waals surface area contributed by atoms with Crippen molar-refractivity contribution in [2.75, 3.05) is 33.3 Å². The number of nitrogens with two attached hydrogens (primary N) is 1. The molecule has 0 aromatic rings. The van der Waals surface area contributed by atoms with Crippen LogP contribution in [0.3, 0.4) is 0 Å². The zero-order valence-corrected chi connectivity index (χ0v) is 24.3. The molecule has 2 bridgehead atoms. The molecule has 9 heteroatoms. The van der Waals surface area contributed by atoms with Crippen LogP contribution < -0.4 is 11.1 Å². The van der Waals surface area contributed by atoms with Gasteiger partial charge in [0.25, 0.3) is 0 Å². The molecule has 0 saturated carbocycles. The molecule has 0 aromatic carbocycles. The molecule has 9 nitrogen and oxygen atoms in total. The molecule has 0 radical (unpaired) electrons. The smallest absolute Gasteiger partial charge is 0.410 e. The van der Waals surface area contributed by atoms with Crippen LogP contribution in [0.25, 0.3) is 0 Å². The largest absolute Gasteiger partial charge is 0.444 e. The second-order valence-corrected chi connectivity index (χ2v) is 11.9. The first-order valence-electron chi connectivity index (χ1n) is 14.0. The maximum absolute atomic E-state index is 11.8. The first-order valence-corrected chi connectivity index (χ1v) is 14.0. The molecule has 3 heterocycles. The summed E-state index contributed by atoms with van der Waals surface area (Å²) in [5, 5.41) is 3.17. The van der Waals surface area contributed by atoms with Gasteiger partial charge in [-0.25, -0.2) is 4.79 Å². The number of amides is 2. The number of fused-ring (bicyclic) bond motifs is 2. The van der Waals surface area contributed by atoms with E-state index in [0.29, 0.717) is 19.1 Å². The van der Waals surface area contributed by atoms with Crippen LogP contribution in [0.4, 0.5) is 4.79 Å². The Labute approximate surface area is 224 Å². The third-order valence-corrected chi connectivity index (χ3v) is 6.96. The van der Waals surface area contributed by atoms with E-state index < -0.39 is 0 Å². The average Bonchev–Trinajstić information content (AvgIpc) is 3.43. The summed E-state index contributed by atoms with van der Waals surface area (Å²) in [7, 11) is 1.98. The number of ether oxygens (including phenoxy) is 3. The predicted octanol–water partition coefficient (Wildman–Crippen LogP) is 4.06. The summed E-state index contributed by atoms with van der Waals surface area (Å²) in [4.78, 5) is 33.8. The summed E-state index contributed by atoms with van der Waals surface area (Å²) < 4.78 is 16.9. The minimum atomic E-state index is -0.389. The zero-order chi connectivity index (χ0) is 28.1. The number of aldehydes is 1. The van der Waals surface area contributed by atoms with E-state index in [4.69, 9.17) is 19.9 Å². The lowest BCUT2D eigenvalue weighted by Gasteiger charge is -2.33. The molecule has 1 atom stereocenters. The Morgan fingerprint density at radius 3 is 2.11 bits per heavy atom. The second-order valence-electron chi connectivity index (χ2n) is 11.9. The molecule has 3 aliphatic rings. The molecule has 0 spiro atoms. The molecule has 2 amide bonds. The number of hydrogen-bond acceptors (Lipinski definition) is 7. The van der Waals surface area contributed by atoms with Gasteiger partial charge in [0.15, 0.2) is 0 Å². The van der Waals surface area contributed by atoms with Gasteiger partial charge >= 0.3 is 6.09 Å². The number of nitrogens with zero attached hydrogens (tertiary/aromatic N) is 1. The van der Waals surface area contributed by atoms with E-state index in [1.54, 1.807) is 13.8 Å². The molecule has 1 unspecified atom stereocenters. The number of likely N-dealkylation sites (tertiary alicyclic amines) is 1. The summed E-state index contributed by atoms with van der Waals surface area (Å²) in [6.07, 6.45) is 9.79. The summed E-state index contributed by atoms with van der Waals surface area (Å²) in [5.41, 5.74) is 4.41. The van der Waals surface area contributed by atoms with Crippen molar-refractivity contribution in [3.05, 3.63) is 0 Å². The van der Waals surface area contributed by atoms with Crippen molar-refractivity contribution in [1.82, 2.24) is 10.2 Å². The van der Waals surface area contributed by atoms with Crippen LogP contribution in [-0.4, -0.2) is 79.9 Å². The van der Waals surface area contributed by atoms with Gasteiger partial charge in [-0.3, -0.25) is 4.79 Å². The van der Waals surface area contributed by atoms with Crippen LogP contribution in [0.2, 0.25) is 0 Å². The number of rotatable bonds is 9. The Bertz CT molecular complexity index is 678. The number of primary amides is 1. The monoisotopic (exact) mass is 527 g/mol. The Kier molecular flexibility index (Phi) is 14.7. The van der Waals surface area contributed by atoms with E-state index in [2.05, 4.69) is 5.32 Å². The van der Waals surface area contributed by atoms with E-state index in [0.717, 1.165) is 57.5 Å². The molecular weight excluding hydrogens is 474 g/mol. The van der Waals surface area contributed by atoms with Crippen LogP contribution in [0.15, 0.2) is 0 Å². The van der Waals surface area contributed by atoms with Crippen molar-refractivity contribution in [2.45, 2.75) is 116 Å². The fourth-order valence-electron chi connectivity index (χ4n) is 4.46. The van der Waals surface area contributed by atoms with Crippen molar-refractivity contribution < 1.29 is 28.6 Å². The first kappa shape index (κ1) is 33.3. The molecule has 3 aliphatic heterocycles. The first-order chi connectivity index (χ1) is 17.3. The van der Waals surface area contributed by atoms with Crippen molar-refractivity contribution in [1.29, 1.82) is 0 Å². The maximum Gasteiger partial charge on any atom is 0.410 e. The summed E-state index contributed by atoms with van der Waals surface area (Å²) in [6.45, 7) is 14.6. The number of hydrogen-bond donors (Lipinski definition) is 2. The summed E-state index contributed by atoms with van der Waals surface area (Å²) >= 11 is 0. The molecule has 37 heavy (non-hydrogen) atoms. The number of nitrogens with one attached hydrogen (secondary N) is 1. The van der Waals surface area contributed by atoms with Crippen molar-refractivity contribution in [2.24, 2.45) is 17.6 Å². The number of carbonyl (C=O) groups is 3. The Morgan fingerprint density at radius 1 is 1.14 bits per heavy atom. The topological polar surface area (TPSA) is 120 Å². The van der Waals surface area contributed by atoms with Crippen molar-refractivity contribution in [3.8, 4) is 0 Å². The highest BCUT2D eigenvalue weighted by molar-refractivity contribution is 5.75. The Balaban J connectivity index is 0.000000308. The molecule has 3 fully saturated rings. The Morgan fingerprint density at radius 2 is 1.70 bits per heavy atom. The van der Waals surface area contributed by atoms with Crippen LogP contribution in [0.1, 0.15) is 92.9 Å². The Hall–Kier alpha value is -1.71. The lowest BCUT2D eigenvalue weighted by molar-refractivity contribution is -0.120. The predicted molar refractivity (Wildman–Crippen MR) is 145 cm³/mol. The van der Waals surface area contributed by atoms with Crippen LogP contribution in [0, 0.1) is 11.8 Å². The van der Waals surface area contributed by atoms with Gasteiger partial charge in [0.1, 0.15) is 11.9 Å². The van der Waals surface area contributed by atoms with Crippen LogP contribution in [-0.2, 0) is 23.8 Å². The van der Waals surface area contributed by atoms with Crippen molar-refractivity contribution >= 4 is 18.3 Å². The number of carbonyl (C=O) groups excluding carboxylic acids is 3. The summed E-state index contributed by atoms with van der Waals surface area (Å²) in [5.74, 6) is 0.501. The molecule has 0 aromatic heterocycles. The fraction of sp³-hybridized carbons (Fsp3) is 0.893. The molecule has 3 saturated heterocycles. The fourth-order valence-corrected chi connectivity index (χ4v) is 4.46. The molecule has 3 N–H and O–H groups in total. The van der Waals surface area contributed by atoms with Gasteiger partial charge in [0.05, 0.1) is 24.4 Å². The highest BCUT2D eigenvalue weighted by Crippen LogP contribution is 2.43. The third-order valence-electron chi connectivity index (χ3n) is 6.96. The van der Waals surface area contributed by atoms with Crippen LogP contribution in [0.5, 0.6) is 0 Å². The second kappa shape index (κ2) is 16.3. The quantitative estimate of drug-likeness (QED) is 0.434. The lowest BCUT2D eigenvalue weighted by atomic mass is 9.89.